The molecule has 17 heavy (non-hydrogen) atoms. The predicted molar refractivity (Wildman–Crippen MR) is 72.8 cm³/mol. The van der Waals surface area contributed by atoms with E-state index >= 15 is 0 Å². The summed E-state index contributed by atoms with van der Waals surface area (Å²) >= 11 is 10.7. The molecule has 0 saturated heterocycles. The lowest BCUT2D eigenvalue weighted by Crippen LogP contribution is -2.30. The van der Waals surface area contributed by atoms with Crippen LogP contribution in [0.25, 0.3) is 0 Å². The van der Waals surface area contributed by atoms with Crippen molar-refractivity contribution in [2.45, 2.75) is 24.8 Å². The summed E-state index contributed by atoms with van der Waals surface area (Å²) in [6.07, 6.45) is 0. The fourth-order valence-electron chi connectivity index (χ4n) is 1.24. The maximum absolute atomic E-state index is 12.0. The maximum atomic E-state index is 12.0. The third kappa shape index (κ3) is 3.64. The zero-order valence-electron chi connectivity index (χ0n) is 9.40. The second kappa shape index (κ2) is 5.30. The molecule has 0 amide bonds. The van der Waals surface area contributed by atoms with Gasteiger partial charge in [-0.15, -0.1) is 0 Å². The van der Waals surface area contributed by atoms with Gasteiger partial charge in [0, 0.05) is 11.6 Å². The van der Waals surface area contributed by atoms with Crippen molar-refractivity contribution in [3.63, 3.8) is 0 Å². The molecule has 3 N–H and O–H groups in total. The lowest BCUT2D eigenvalue weighted by Gasteiger charge is -2.11. The molecular formula is C10H13ClN2O2S2. The van der Waals surface area contributed by atoms with E-state index in [1.807, 2.05) is 0 Å². The van der Waals surface area contributed by atoms with Crippen LogP contribution in [0.1, 0.15) is 19.4 Å². The first-order valence-corrected chi connectivity index (χ1v) is 7.12. The Labute approximate surface area is 111 Å². The average molecular weight is 293 g/mol. The molecule has 0 atom stereocenters. The summed E-state index contributed by atoms with van der Waals surface area (Å²) in [6.45, 7) is 3.45. The van der Waals surface area contributed by atoms with Gasteiger partial charge >= 0.3 is 0 Å². The first-order valence-electron chi connectivity index (χ1n) is 4.85. The van der Waals surface area contributed by atoms with Crippen molar-refractivity contribution in [2.75, 3.05) is 0 Å². The first-order chi connectivity index (χ1) is 7.74. The van der Waals surface area contributed by atoms with Crippen LogP contribution >= 0.6 is 23.8 Å². The minimum Gasteiger partial charge on any atom is -0.389 e. The van der Waals surface area contributed by atoms with Crippen LogP contribution < -0.4 is 10.5 Å². The van der Waals surface area contributed by atoms with Crippen molar-refractivity contribution in [1.82, 2.24) is 4.72 Å². The van der Waals surface area contributed by atoms with Crippen LogP contribution in [0, 0.1) is 0 Å². The van der Waals surface area contributed by atoms with Gasteiger partial charge in [0.25, 0.3) is 0 Å². The number of hydrogen-bond donors (Lipinski definition) is 2. The van der Waals surface area contributed by atoms with Gasteiger partial charge in [0.15, 0.2) is 0 Å². The van der Waals surface area contributed by atoms with Crippen molar-refractivity contribution in [3.05, 3.63) is 28.8 Å². The minimum atomic E-state index is -3.64. The monoisotopic (exact) mass is 292 g/mol. The molecule has 1 aromatic rings. The molecule has 0 aliphatic heterocycles. The molecule has 4 nitrogen and oxygen atoms in total. The highest BCUT2D eigenvalue weighted by atomic mass is 35.5. The van der Waals surface area contributed by atoms with E-state index in [4.69, 9.17) is 29.6 Å². The lowest BCUT2D eigenvalue weighted by atomic mass is 10.2. The Hall–Kier alpha value is -0.690. The Morgan fingerprint density at radius 2 is 2.06 bits per heavy atom. The number of thiocarbonyl (C=S) groups is 1. The molecule has 0 spiro atoms. The summed E-state index contributed by atoms with van der Waals surface area (Å²) < 4.78 is 26.4. The van der Waals surface area contributed by atoms with Crippen molar-refractivity contribution < 1.29 is 8.42 Å². The van der Waals surface area contributed by atoms with Gasteiger partial charge in [0.05, 0.1) is 5.02 Å². The number of halogens is 1. The van der Waals surface area contributed by atoms with Gasteiger partial charge in [-0.1, -0.05) is 29.9 Å². The molecule has 0 aromatic heterocycles. The van der Waals surface area contributed by atoms with E-state index in [0.717, 1.165) is 0 Å². The molecule has 0 fully saturated rings. The predicted octanol–water partition coefficient (Wildman–Crippen LogP) is 1.66. The van der Waals surface area contributed by atoms with Gasteiger partial charge in [-0.3, -0.25) is 0 Å². The number of rotatable bonds is 4. The van der Waals surface area contributed by atoms with Crippen LogP contribution in [-0.4, -0.2) is 19.4 Å². The van der Waals surface area contributed by atoms with Crippen LogP contribution in [0.2, 0.25) is 5.02 Å². The van der Waals surface area contributed by atoms with Crippen molar-refractivity contribution >= 4 is 38.8 Å². The zero-order valence-corrected chi connectivity index (χ0v) is 11.8. The van der Waals surface area contributed by atoms with E-state index in [9.17, 15) is 8.42 Å². The molecule has 0 aliphatic rings. The highest BCUT2D eigenvalue weighted by Gasteiger charge is 2.19. The van der Waals surface area contributed by atoms with Gasteiger partial charge < -0.3 is 5.73 Å². The normalized spacial score (nSPS) is 11.8. The number of benzene rings is 1. The molecule has 0 aliphatic carbocycles. The van der Waals surface area contributed by atoms with Crippen molar-refractivity contribution in [2.24, 2.45) is 5.73 Å². The molecule has 1 aromatic carbocycles. The van der Waals surface area contributed by atoms with E-state index in [1.165, 1.54) is 12.1 Å². The minimum absolute atomic E-state index is 0.0156. The number of nitrogens with two attached hydrogens (primary N) is 1. The van der Waals surface area contributed by atoms with Gasteiger partial charge in [-0.05, 0) is 26.0 Å². The maximum Gasteiger partial charge on any atom is 0.242 e. The van der Waals surface area contributed by atoms with Crippen LogP contribution in [0.3, 0.4) is 0 Å². The van der Waals surface area contributed by atoms with E-state index in [2.05, 4.69) is 4.72 Å². The quantitative estimate of drug-likeness (QED) is 0.828. The second-order valence-corrected chi connectivity index (χ2v) is 6.31. The number of sulfonamides is 1. The standard InChI is InChI=1S/C10H13ClN2O2S2/c1-6(2)13-17(14,15)9-5-7(10(12)16)3-4-8(9)11/h3-6,13H,1-2H3,(H2,12,16). The Morgan fingerprint density at radius 3 is 2.53 bits per heavy atom. The largest absolute Gasteiger partial charge is 0.389 e. The van der Waals surface area contributed by atoms with Gasteiger partial charge in [0.2, 0.25) is 10.0 Å². The van der Waals surface area contributed by atoms with Crippen LogP contribution in [0.15, 0.2) is 23.1 Å². The number of nitrogens with one attached hydrogen (secondary N) is 1. The third-order valence-electron chi connectivity index (χ3n) is 1.90. The van der Waals surface area contributed by atoms with Gasteiger partial charge in [0.1, 0.15) is 9.88 Å². The Kier molecular flexibility index (Phi) is 4.48. The Morgan fingerprint density at radius 1 is 1.47 bits per heavy atom. The molecule has 0 unspecified atom stereocenters. The summed E-state index contributed by atoms with van der Waals surface area (Å²) in [5, 5.41) is 0.137. The lowest BCUT2D eigenvalue weighted by molar-refractivity contribution is 0.570. The summed E-state index contributed by atoms with van der Waals surface area (Å²) in [5.74, 6) is 0. The van der Waals surface area contributed by atoms with E-state index in [-0.39, 0.29) is 20.9 Å². The highest BCUT2D eigenvalue weighted by Crippen LogP contribution is 2.22. The Bertz CT molecular complexity index is 541. The smallest absolute Gasteiger partial charge is 0.242 e. The molecule has 7 heteroatoms. The van der Waals surface area contributed by atoms with E-state index in [0.29, 0.717) is 5.56 Å². The third-order valence-corrected chi connectivity index (χ3v) is 4.27. The SMILES string of the molecule is CC(C)NS(=O)(=O)c1cc(C(N)=S)ccc1Cl. The Balaban J connectivity index is 3.30. The summed E-state index contributed by atoms with van der Waals surface area (Å²) in [4.78, 5) is 0.112. The fourth-order valence-corrected chi connectivity index (χ4v) is 3.14. The molecule has 1 rings (SSSR count). The van der Waals surface area contributed by atoms with E-state index < -0.39 is 10.0 Å². The van der Waals surface area contributed by atoms with Gasteiger partial charge in [-0.2, -0.15) is 0 Å². The molecule has 0 bridgehead atoms. The first kappa shape index (κ1) is 14.4. The van der Waals surface area contributed by atoms with Crippen molar-refractivity contribution in [3.8, 4) is 0 Å². The molecule has 0 saturated carbocycles. The topological polar surface area (TPSA) is 72.2 Å². The number of hydrogen-bond acceptors (Lipinski definition) is 3. The molecular weight excluding hydrogens is 280 g/mol. The second-order valence-electron chi connectivity index (χ2n) is 3.79. The molecule has 0 heterocycles. The summed E-state index contributed by atoms with van der Waals surface area (Å²) in [7, 11) is -3.64. The van der Waals surface area contributed by atoms with Crippen LogP contribution in [0.4, 0.5) is 0 Å². The van der Waals surface area contributed by atoms with Gasteiger partial charge in [-0.25, -0.2) is 13.1 Å². The highest BCUT2D eigenvalue weighted by molar-refractivity contribution is 7.89. The van der Waals surface area contributed by atoms with Crippen molar-refractivity contribution in [1.29, 1.82) is 0 Å². The molecule has 0 radical (unpaired) electrons. The van der Waals surface area contributed by atoms with Crippen LogP contribution in [0.5, 0.6) is 0 Å². The summed E-state index contributed by atoms with van der Waals surface area (Å²) in [6, 6.07) is 4.20. The zero-order chi connectivity index (χ0) is 13.2. The average Bonchev–Trinajstić information content (AvgIpc) is 2.15. The fraction of sp³-hybridized carbons (Fsp3) is 0.300. The van der Waals surface area contributed by atoms with Crippen LogP contribution in [-0.2, 0) is 10.0 Å². The summed E-state index contributed by atoms with van der Waals surface area (Å²) in [5.41, 5.74) is 5.92. The molecule has 94 valence electrons. The van der Waals surface area contributed by atoms with E-state index in [1.54, 1.807) is 19.9 Å².